The van der Waals surface area contributed by atoms with Crippen LogP contribution in [0.4, 0.5) is 11.4 Å². The molecule has 6 aromatic heterocycles. The van der Waals surface area contributed by atoms with Crippen LogP contribution in [0.15, 0.2) is 45.4 Å². The van der Waals surface area contributed by atoms with Crippen LogP contribution >= 0.6 is 45.7 Å². The number of nitrogens with zero attached hydrogens (tertiary/aromatic N) is 6. The normalized spacial score (nSPS) is 12.6. The molecule has 0 fully saturated rings. The Kier molecular flexibility index (Phi) is 21.2. The summed E-state index contributed by atoms with van der Waals surface area (Å²) in [6, 6.07) is 9.75. The number of rotatable bonds is 33. The van der Waals surface area contributed by atoms with Crippen molar-refractivity contribution >= 4 is 99.9 Å². The van der Waals surface area contributed by atoms with E-state index in [9.17, 15) is 0 Å². The predicted molar refractivity (Wildman–Crippen MR) is 316 cm³/mol. The van der Waals surface area contributed by atoms with Gasteiger partial charge in [-0.05, 0) is 92.3 Å². The fourth-order valence-electron chi connectivity index (χ4n) is 11.1. The van der Waals surface area contributed by atoms with Crippen molar-refractivity contribution in [2.24, 2.45) is 8.73 Å². The molecule has 0 aliphatic carbocycles. The third kappa shape index (κ3) is 13.7. The molecule has 1 aromatic carbocycles. The molecule has 0 saturated heterocycles. The summed E-state index contributed by atoms with van der Waals surface area (Å²) < 4.78 is 23.1. The van der Waals surface area contributed by atoms with Crippen molar-refractivity contribution in [3.8, 4) is 31.3 Å². The first-order valence-electron chi connectivity index (χ1n) is 28.2. The van der Waals surface area contributed by atoms with Gasteiger partial charge in [-0.2, -0.15) is 17.5 Å². The second kappa shape index (κ2) is 27.9. The Morgan fingerprint density at radius 2 is 0.873 bits per heavy atom. The van der Waals surface area contributed by atoms with Gasteiger partial charge in [-0.15, -0.1) is 34.0 Å². The molecule has 1 aliphatic rings. The number of aromatic nitrogens is 4. The standard InChI is InChI=1S/C60H82N6S5/c1-7-11-15-19-23-27-31-43(32-28-24-20-16-12-8-2)46-37-48(67-42(46)6)52-56-58(65-70-63-56)53(59-57(52)64-71-66-59)49-38-47(44(33-29-25-21-17-13-9-3)34-30-26-22-18-14-10-4)60(69-49)45-36-51-55(62-40-45)54-50(68-51)35-41(5)39-61-54/h35-40,43-44H,7-34H2,1-6H3. The molecule has 0 saturated carbocycles. The summed E-state index contributed by atoms with van der Waals surface area (Å²) in [6.07, 6.45) is 41.0. The molecule has 0 atom stereocenters. The number of fused-ring (bicyclic) bond motifs is 5. The van der Waals surface area contributed by atoms with Crippen molar-refractivity contribution in [1.29, 1.82) is 0 Å². The number of thiophene rings is 3. The van der Waals surface area contributed by atoms with E-state index in [2.05, 4.69) is 72.0 Å². The van der Waals surface area contributed by atoms with Crippen molar-refractivity contribution in [2.45, 2.75) is 233 Å². The first-order chi connectivity index (χ1) is 34.9. The molecular weight excluding hydrogens is 965 g/mol. The Labute approximate surface area is 446 Å². The zero-order chi connectivity index (χ0) is 49.4. The van der Waals surface area contributed by atoms with Gasteiger partial charge in [0.25, 0.3) is 0 Å². The van der Waals surface area contributed by atoms with E-state index in [0.717, 1.165) is 44.6 Å². The molecule has 382 valence electrons. The topological polar surface area (TPSA) is 76.3 Å². The monoisotopic (exact) mass is 1050 g/mol. The lowest BCUT2D eigenvalue weighted by molar-refractivity contribution is 0.486. The van der Waals surface area contributed by atoms with Crippen LogP contribution in [0.5, 0.6) is 0 Å². The van der Waals surface area contributed by atoms with Crippen LogP contribution in [0.1, 0.15) is 241 Å². The fourth-order valence-corrected chi connectivity index (χ4v) is 15.8. The van der Waals surface area contributed by atoms with Gasteiger partial charge in [0.2, 0.25) is 0 Å². The first-order valence-corrected chi connectivity index (χ1v) is 32.1. The van der Waals surface area contributed by atoms with Gasteiger partial charge in [0.15, 0.2) is 0 Å². The van der Waals surface area contributed by atoms with Crippen molar-refractivity contribution in [3.63, 3.8) is 0 Å². The van der Waals surface area contributed by atoms with Crippen molar-refractivity contribution in [2.75, 3.05) is 0 Å². The molecule has 0 spiro atoms. The molecule has 0 unspecified atom stereocenters. The van der Waals surface area contributed by atoms with Crippen LogP contribution < -0.4 is 0 Å². The van der Waals surface area contributed by atoms with Gasteiger partial charge in [0.1, 0.15) is 33.4 Å². The van der Waals surface area contributed by atoms with E-state index >= 15 is 0 Å². The van der Waals surface area contributed by atoms with E-state index in [4.69, 9.17) is 27.4 Å². The van der Waals surface area contributed by atoms with Crippen LogP contribution in [-0.2, 0) is 11.4 Å². The summed E-state index contributed by atoms with van der Waals surface area (Å²) >= 11 is 8.35. The summed E-state index contributed by atoms with van der Waals surface area (Å²) in [5, 5.41) is 0. The molecular formula is C60H82N6S5. The highest BCUT2D eigenvalue weighted by Crippen LogP contribution is 2.56. The molecule has 1 aliphatic heterocycles. The molecule has 7 heterocycles. The van der Waals surface area contributed by atoms with Gasteiger partial charge in [-0.1, -0.05) is 182 Å². The quantitative estimate of drug-likeness (QED) is 0.0384. The maximum atomic E-state index is 5.19. The number of hydrogen-bond acceptors (Lipinski definition) is 10. The highest BCUT2D eigenvalue weighted by atomic mass is 32.1. The highest BCUT2D eigenvalue weighted by Gasteiger charge is 2.31. The summed E-state index contributed by atoms with van der Waals surface area (Å²) in [7, 11) is 0. The molecule has 11 heteroatoms. The van der Waals surface area contributed by atoms with Gasteiger partial charge in [-0.3, -0.25) is 9.97 Å². The molecule has 0 N–H and O–H groups in total. The summed E-state index contributed by atoms with van der Waals surface area (Å²) in [5.74, 6) is 1.06. The summed E-state index contributed by atoms with van der Waals surface area (Å²) in [4.78, 5) is 15.3. The van der Waals surface area contributed by atoms with Crippen LogP contribution in [0.2, 0.25) is 0 Å². The van der Waals surface area contributed by atoms with Gasteiger partial charge in [0.05, 0.1) is 32.5 Å². The molecule has 7 aromatic rings. The van der Waals surface area contributed by atoms with E-state index < -0.39 is 0 Å². The minimum Gasteiger partial charge on any atom is -0.253 e. The Morgan fingerprint density at radius 3 is 1.39 bits per heavy atom. The van der Waals surface area contributed by atoms with Crippen molar-refractivity contribution in [1.82, 2.24) is 18.7 Å². The van der Waals surface area contributed by atoms with Crippen LogP contribution in [0, 0.1) is 13.8 Å². The molecule has 0 amide bonds. The van der Waals surface area contributed by atoms with Crippen molar-refractivity contribution < 1.29 is 0 Å². The lowest BCUT2D eigenvalue weighted by atomic mass is 9.86. The smallest absolute Gasteiger partial charge is 0.116 e. The predicted octanol–water partition coefficient (Wildman–Crippen LogP) is 22.5. The highest BCUT2D eigenvalue weighted by molar-refractivity contribution is 7.58. The van der Waals surface area contributed by atoms with Gasteiger partial charge < -0.3 is 0 Å². The number of unbranched alkanes of at least 4 members (excludes halogenated alkanes) is 20. The van der Waals surface area contributed by atoms with Gasteiger partial charge in [0, 0.05) is 48.6 Å². The Hall–Kier alpha value is -3.22. The molecule has 6 nitrogen and oxygen atoms in total. The molecule has 71 heavy (non-hydrogen) atoms. The Bertz CT molecular complexity index is 2810. The minimum absolute atomic E-state index is 0.468. The second-order valence-corrected chi connectivity index (χ2v) is 25.3. The fraction of sp³-hybridized carbons (Fsp3) is 0.600. The number of aryl methyl sites for hydroxylation is 2. The summed E-state index contributed by atoms with van der Waals surface area (Å²) in [6.45, 7) is 13.8. The number of pyridine rings is 2. The summed E-state index contributed by atoms with van der Waals surface area (Å²) in [5.41, 5.74) is 13.5. The Balaban J connectivity index is 1.18. The lowest BCUT2D eigenvalue weighted by Gasteiger charge is -2.18. The van der Waals surface area contributed by atoms with E-state index in [1.165, 1.54) is 248 Å². The third-order valence-electron chi connectivity index (χ3n) is 15.2. The van der Waals surface area contributed by atoms with Crippen LogP contribution in [-0.4, -0.2) is 18.7 Å². The van der Waals surface area contributed by atoms with Gasteiger partial charge in [-0.25, -0.2) is 0 Å². The van der Waals surface area contributed by atoms with E-state index in [1.807, 2.05) is 40.2 Å². The number of hydrogen-bond donors (Lipinski definition) is 0. The average Bonchev–Trinajstić information content (AvgIpc) is 4.24. The second-order valence-electron chi connectivity index (χ2n) is 20.8. The maximum Gasteiger partial charge on any atom is 0.116 e. The largest absolute Gasteiger partial charge is 0.253 e. The molecule has 0 radical (unpaired) electrons. The molecule has 0 bridgehead atoms. The van der Waals surface area contributed by atoms with Crippen molar-refractivity contribution in [3.05, 3.63) is 58.2 Å². The van der Waals surface area contributed by atoms with Gasteiger partial charge >= 0.3 is 0 Å². The van der Waals surface area contributed by atoms with Crippen LogP contribution in [0.3, 0.4) is 0 Å². The van der Waals surface area contributed by atoms with E-state index in [-0.39, 0.29) is 0 Å². The zero-order valence-electron chi connectivity index (χ0n) is 44.1. The minimum atomic E-state index is 0.468. The Morgan fingerprint density at radius 1 is 0.437 bits per heavy atom. The third-order valence-corrected chi connectivity index (χ3v) is 19.6. The maximum absolute atomic E-state index is 5.19. The SMILES string of the molecule is CCCCCCCCC(CCCCCCCC)c1cc(-c2c3c(c(-c4cc(C(CCCCCCCC)CCCCCCCC)c(-c5cnc6c(c5)sc5cc(C)cnc56)s4)c4nsnc24)N=S=N3)sc1C. The first kappa shape index (κ1) is 54.1. The van der Waals surface area contributed by atoms with Crippen LogP contribution in [0.25, 0.3) is 62.8 Å². The van der Waals surface area contributed by atoms with E-state index in [0.29, 0.717) is 11.8 Å². The molecule has 8 rings (SSSR count). The lowest BCUT2D eigenvalue weighted by Crippen LogP contribution is -2.00. The zero-order valence-corrected chi connectivity index (χ0v) is 48.2. The van der Waals surface area contributed by atoms with E-state index in [1.54, 1.807) is 5.56 Å². The average molecular weight is 1050 g/mol. The number of benzene rings is 1.